The number of carbonyl (C=O) groups excluding carboxylic acids is 1. The molecule has 6 heteroatoms. The Kier molecular flexibility index (Phi) is 7.01. The van der Waals surface area contributed by atoms with Crippen LogP contribution in [0, 0.1) is 6.92 Å². The van der Waals surface area contributed by atoms with Gasteiger partial charge in [-0.3, -0.25) is 4.79 Å². The zero-order valence-electron chi connectivity index (χ0n) is 15.2. The van der Waals surface area contributed by atoms with Crippen LogP contribution < -0.4 is 10.1 Å². The number of aryl methyl sites for hydroxylation is 3. The number of aliphatic hydroxyl groups excluding tert-OH is 1. The molecule has 6 nitrogen and oxygen atoms in total. The van der Waals surface area contributed by atoms with Gasteiger partial charge in [-0.2, -0.15) is 0 Å². The molecule has 0 saturated carbocycles. The first-order valence-electron chi connectivity index (χ1n) is 8.65. The van der Waals surface area contributed by atoms with Crippen LogP contribution in [-0.2, 0) is 18.3 Å². The minimum atomic E-state index is -0.794. The molecule has 0 aliphatic carbocycles. The summed E-state index contributed by atoms with van der Waals surface area (Å²) < 4.78 is 7.27. The first-order chi connectivity index (χ1) is 12.0. The summed E-state index contributed by atoms with van der Waals surface area (Å²) in [6, 6.07) is 6.13. The van der Waals surface area contributed by atoms with Crippen LogP contribution in [0.4, 0.5) is 0 Å². The Morgan fingerprint density at radius 1 is 1.44 bits per heavy atom. The SMILES string of the molecule is CCOc1ccc(CCCC(=O)NC[C@H](O)c2nccn2C)cc1C. The number of aliphatic hydroxyl groups is 1. The van der Waals surface area contributed by atoms with Crippen molar-refractivity contribution in [3.63, 3.8) is 0 Å². The lowest BCUT2D eigenvalue weighted by Gasteiger charge is -2.12. The van der Waals surface area contributed by atoms with Crippen LogP contribution in [0.2, 0.25) is 0 Å². The second kappa shape index (κ2) is 9.22. The van der Waals surface area contributed by atoms with Gasteiger partial charge in [0, 0.05) is 25.9 Å². The molecule has 0 bridgehead atoms. The van der Waals surface area contributed by atoms with Crippen LogP contribution in [0.15, 0.2) is 30.6 Å². The highest BCUT2D eigenvalue weighted by atomic mass is 16.5. The Bertz CT molecular complexity index is 697. The fourth-order valence-corrected chi connectivity index (χ4v) is 2.73. The van der Waals surface area contributed by atoms with Gasteiger partial charge < -0.3 is 19.7 Å². The van der Waals surface area contributed by atoms with Gasteiger partial charge in [0.1, 0.15) is 17.7 Å². The van der Waals surface area contributed by atoms with Crippen molar-refractivity contribution in [2.75, 3.05) is 13.2 Å². The molecule has 0 saturated heterocycles. The summed E-state index contributed by atoms with van der Waals surface area (Å²) in [7, 11) is 1.81. The van der Waals surface area contributed by atoms with E-state index < -0.39 is 6.10 Å². The number of hydrogen-bond acceptors (Lipinski definition) is 4. The van der Waals surface area contributed by atoms with Gasteiger partial charge in [0.15, 0.2) is 0 Å². The first-order valence-corrected chi connectivity index (χ1v) is 8.65. The zero-order chi connectivity index (χ0) is 18.2. The van der Waals surface area contributed by atoms with Crippen molar-refractivity contribution in [1.29, 1.82) is 0 Å². The lowest BCUT2D eigenvalue weighted by atomic mass is 10.0. The predicted molar refractivity (Wildman–Crippen MR) is 96.5 cm³/mol. The molecule has 0 spiro atoms. The highest BCUT2D eigenvalue weighted by molar-refractivity contribution is 5.75. The van der Waals surface area contributed by atoms with E-state index in [2.05, 4.69) is 16.4 Å². The minimum absolute atomic E-state index is 0.0593. The number of aromatic nitrogens is 2. The Morgan fingerprint density at radius 2 is 2.24 bits per heavy atom. The maximum atomic E-state index is 11.9. The molecule has 0 radical (unpaired) electrons. The highest BCUT2D eigenvalue weighted by Crippen LogP contribution is 2.20. The number of ether oxygens (including phenoxy) is 1. The third kappa shape index (κ3) is 5.60. The van der Waals surface area contributed by atoms with Crippen molar-refractivity contribution in [3.05, 3.63) is 47.5 Å². The number of benzene rings is 1. The summed E-state index contributed by atoms with van der Waals surface area (Å²) in [6.45, 7) is 4.83. The van der Waals surface area contributed by atoms with Crippen LogP contribution in [0.5, 0.6) is 5.75 Å². The Labute approximate surface area is 148 Å². The maximum absolute atomic E-state index is 11.9. The van der Waals surface area contributed by atoms with Crippen molar-refractivity contribution in [3.8, 4) is 5.75 Å². The molecule has 25 heavy (non-hydrogen) atoms. The smallest absolute Gasteiger partial charge is 0.220 e. The lowest BCUT2D eigenvalue weighted by molar-refractivity contribution is -0.121. The Morgan fingerprint density at radius 3 is 2.88 bits per heavy atom. The van der Waals surface area contributed by atoms with Gasteiger partial charge in [-0.25, -0.2) is 4.98 Å². The number of amides is 1. The van der Waals surface area contributed by atoms with E-state index in [1.165, 1.54) is 5.56 Å². The second-order valence-corrected chi connectivity index (χ2v) is 6.10. The number of hydrogen-bond donors (Lipinski definition) is 2. The molecule has 2 N–H and O–H groups in total. The Balaban J connectivity index is 1.72. The maximum Gasteiger partial charge on any atom is 0.220 e. The van der Waals surface area contributed by atoms with E-state index in [4.69, 9.17) is 4.74 Å². The molecule has 2 aromatic rings. The third-order valence-electron chi connectivity index (χ3n) is 4.06. The average molecular weight is 345 g/mol. The Hall–Kier alpha value is -2.34. The number of carbonyl (C=O) groups is 1. The van der Waals surface area contributed by atoms with Gasteiger partial charge in [-0.1, -0.05) is 12.1 Å². The number of imidazole rings is 1. The summed E-state index contributed by atoms with van der Waals surface area (Å²) in [4.78, 5) is 16.0. The number of rotatable bonds is 9. The molecular weight excluding hydrogens is 318 g/mol. The van der Waals surface area contributed by atoms with Gasteiger partial charge in [0.2, 0.25) is 5.91 Å². The van der Waals surface area contributed by atoms with Crippen molar-refractivity contribution < 1.29 is 14.6 Å². The van der Waals surface area contributed by atoms with Gasteiger partial charge in [0.05, 0.1) is 13.2 Å². The summed E-state index contributed by atoms with van der Waals surface area (Å²) in [5, 5.41) is 12.8. The van der Waals surface area contributed by atoms with E-state index in [9.17, 15) is 9.90 Å². The van der Waals surface area contributed by atoms with Gasteiger partial charge in [-0.15, -0.1) is 0 Å². The van der Waals surface area contributed by atoms with E-state index in [0.717, 1.165) is 24.2 Å². The van der Waals surface area contributed by atoms with Crippen LogP contribution in [-0.4, -0.2) is 33.7 Å². The fourth-order valence-electron chi connectivity index (χ4n) is 2.73. The monoisotopic (exact) mass is 345 g/mol. The van der Waals surface area contributed by atoms with Gasteiger partial charge in [0.25, 0.3) is 0 Å². The number of nitrogens with zero attached hydrogens (tertiary/aromatic N) is 2. The van der Waals surface area contributed by atoms with E-state index in [1.807, 2.05) is 33.0 Å². The largest absolute Gasteiger partial charge is 0.494 e. The summed E-state index contributed by atoms with van der Waals surface area (Å²) in [6.07, 6.45) is 4.62. The van der Waals surface area contributed by atoms with Crippen molar-refractivity contribution >= 4 is 5.91 Å². The molecule has 0 aliphatic heterocycles. The predicted octanol–water partition coefficient (Wildman–Crippen LogP) is 2.30. The molecule has 0 fully saturated rings. The van der Waals surface area contributed by atoms with Crippen LogP contribution in [0.1, 0.15) is 42.8 Å². The van der Waals surface area contributed by atoms with E-state index in [-0.39, 0.29) is 12.5 Å². The van der Waals surface area contributed by atoms with Gasteiger partial charge >= 0.3 is 0 Å². The summed E-state index contributed by atoms with van der Waals surface area (Å²) >= 11 is 0. The van der Waals surface area contributed by atoms with Crippen LogP contribution in [0.25, 0.3) is 0 Å². The van der Waals surface area contributed by atoms with Crippen molar-refractivity contribution in [2.24, 2.45) is 7.05 Å². The van der Waals surface area contributed by atoms with E-state index >= 15 is 0 Å². The molecule has 136 valence electrons. The second-order valence-electron chi connectivity index (χ2n) is 6.10. The molecule has 1 heterocycles. The molecular formula is C19H27N3O3. The molecule has 1 amide bonds. The van der Waals surface area contributed by atoms with Crippen molar-refractivity contribution in [2.45, 2.75) is 39.2 Å². The van der Waals surface area contributed by atoms with Crippen molar-refractivity contribution in [1.82, 2.24) is 14.9 Å². The van der Waals surface area contributed by atoms with E-state index in [0.29, 0.717) is 18.9 Å². The summed E-state index contributed by atoms with van der Waals surface area (Å²) in [5.74, 6) is 1.40. The molecule has 0 aliphatic rings. The standard InChI is InChI=1S/C19H27N3O3/c1-4-25-17-9-8-15(12-14(17)2)6-5-7-18(24)21-13-16(23)19-20-10-11-22(19)3/h8-12,16,23H,4-7,13H2,1-3H3,(H,21,24)/t16-/m0/s1. The molecule has 0 unspecified atom stereocenters. The van der Waals surface area contributed by atoms with E-state index in [1.54, 1.807) is 17.0 Å². The average Bonchev–Trinajstić information content (AvgIpc) is 3.01. The zero-order valence-corrected chi connectivity index (χ0v) is 15.2. The van der Waals surface area contributed by atoms with Crippen LogP contribution >= 0.6 is 0 Å². The normalized spacial score (nSPS) is 12.0. The molecule has 1 aromatic carbocycles. The molecule has 1 aromatic heterocycles. The van der Waals surface area contributed by atoms with Gasteiger partial charge in [-0.05, 0) is 43.9 Å². The fraction of sp³-hybridized carbons (Fsp3) is 0.474. The summed E-state index contributed by atoms with van der Waals surface area (Å²) in [5.41, 5.74) is 2.31. The minimum Gasteiger partial charge on any atom is -0.494 e. The molecule has 1 atom stereocenters. The lowest BCUT2D eigenvalue weighted by Crippen LogP contribution is -2.29. The van der Waals surface area contributed by atoms with Crippen LogP contribution in [0.3, 0.4) is 0 Å². The molecule has 2 rings (SSSR count). The first kappa shape index (κ1) is 19.0. The quantitative estimate of drug-likeness (QED) is 0.731. The highest BCUT2D eigenvalue weighted by Gasteiger charge is 2.13. The third-order valence-corrected chi connectivity index (χ3v) is 4.06. The topological polar surface area (TPSA) is 76.4 Å². The number of nitrogens with one attached hydrogen (secondary N) is 1.